The summed E-state index contributed by atoms with van der Waals surface area (Å²) in [5, 5.41) is 6.47. The third-order valence-electron chi connectivity index (χ3n) is 5.71. The first kappa shape index (κ1) is 24.0. The van der Waals surface area contributed by atoms with E-state index in [9.17, 15) is 14.4 Å². The molecule has 1 aliphatic heterocycles. The Morgan fingerprint density at radius 1 is 1.18 bits per heavy atom. The van der Waals surface area contributed by atoms with Crippen molar-refractivity contribution < 1.29 is 23.9 Å². The van der Waals surface area contributed by atoms with Gasteiger partial charge < -0.3 is 25.0 Å². The van der Waals surface area contributed by atoms with Crippen LogP contribution in [0.25, 0.3) is 0 Å². The lowest BCUT2D eigenvalue weighted by Crippen LogP contribution is -2.58. The van der Waals surface area contributed by atoms with E-state index in [2.05, 4.69) is 26.6 Å². The number of benzene rings is 1. The van der Waals surface area contributed by atoms with Crippen LogP contribution in [-0.2, 0) is 14.3 Å². The summed E-state index contributed by atoms with van der Waals surface area (Å²) < 4.78 is 11.4. The molecule has 1 saturated carbocycles. The molecule has 176 valence electrons. The van der Waals surface area contributed by atoms with Crippen LogP contribution in [-0.4, -0.2) is 43.2 Å². The highest BCUT2D eigenvalue weighted by atomic mass is 79.9. The molecule has 0 atom stereocenters. The Bertz CT molecular complexity index is 1060. The van der Waals surface area contributed by atoms with Crippen LogP contribution >= 0.6 is 38.9 Å². The van der Waals surface area contributed by atoms with Crippen LogP contribution in [0.2, 0.25) is 5.02 Å². The van der Waals surface area contributed by atoms with Crippen LogP contribution in [0, 0.1) is 0 Å². The minimum Gasteiger partial charge on any atom is -0.399 e. The first-order chi connectivity index (χ1) is 15.9. The smallest absolute Gasteiger partial charge is 0.399 e. The highest BCUT2D eigenvalue weighted by Crippen LogP contribution is 2.33. The van der Waals surface area contributed by atoms with E-state index in [1.165, 1.54) is 11.3 Å². The minimum atomic E-state index is -1.07. The van der Waals surface area contributed by atoms with Crippen molar-refractivity contribution in [1.29, 1.82) is 0 Å². The lowest BCUT2D eigenvalue weighted by atomic mass is 9.81. The summed E-state index contributed by atoms with van der Waals surface area (Å²) >= 11 is 11.1. The average molecular weight is 557 g/mol. The van der Waals surface area contributed by atoms with E-state index >= 15 is 0 Å². The summed E-state index contributed by atoms with van der Waals surface area (Å²) in [4.78, 5) is 39.6. The molecule has 0 unspecified atom stereocenters. The van der Waals surface area contributed by atoms with Crippen molar-refractivity contribution in [2.75, 3.05) is 30.0 Å². The maximum Gasteiger partial charge on any atom is 0.414 e. The largest absolute Gasteiger partial charge is 0.414 e. The molecular formula is C22H23BrClN3O5S. The zero-order valence-electron chi connectivity index (χ0n) is 17.7. The summed E-state index contributed by atoms with van der Waals surface area (Å²) in [5.74, 6) is -0.487. The van der Waals surface area contributed by atoms with Gasteiger partial charge in [-0.15, -0.1) is 0 Å². The summed E-state index contributed by atoms with van der Waals surface area (Å²) in [6, 6.07) is 8.47. The van der Waals surface area contributed by atoms with Crippen molar-refractivity contribution in [3.8, 4) is 5.06 Å². The number of rotatable bonds is 5. The number of nitrogens with zero attached hydrogens (tertiary/aromatic N) is 1. The SMILES string of the molecule is O=C(NC1(C(=O)Nc2ccc(N3CCOCC3=O)c(Cl)c2)CCCCC1)Oc1ccc(Br)s1. The van der Waals surface area contributed by atoms with Gasteiger partial charge in [0.2, 0.25) is 5.91 Å². The molecular weight excluding hydrogens is 534 g/mol. The molecule has 11 heteroatoms. The molecule has 4 rings (SSSR count). The molecule has 3 amide bonds. The molecule has 0 bridgehead atoms. The van der Waals surface area contributed by atoms with Gasteiger partial charge in [-0.2, -0.15) is 0 Å². The van der Waals surface area contributed by atoms with E-state index in [0.29, 0.717) is 47.5 Å². The summed E-state index contributed by atoms with van der Waals surface area (Å²) in [7, 11) is 0. The Morgan fingerprint density at radius 3 is 2.64 bits per heavy atom. The summed E-state index contributed by atoms with van der Waals surface area (Å²) in [6.07, 6.45) is 2.98. The Kier molecular flexibility index (Phi) is 7.58. The molecule has 33 heavy (non-hydrogen) atoms. The van der Waals surface area contributed by atoms with E-state index in [1.807, 2.05) is 0 Å². The van der Waals surface area contributed by atoms with Crippen LogP contribution in [0.4, 0.5) is 16.2 Å². The maximum absolute atomic E-state index is 13.3. The van der Waals surface area contributed by atoms with Crippen molar-refractivity contribution in [1.82, 2.24) is 5.32 Å². The number of anilines is 2. The van der Waals surface area contributed by atoms with E-state index < -0.39 is 11.6 Å². The highest BCUT2D eigenvalue weighted by molar-refractivity contribution is 9.11. The molecule has 1 saturated heterocycles. The maximum atomic E-state index is 13.3. The van der Waals surface area contributed by atoms with Gasteiger partial charge in [-0.25, -0.2) is 4.79 Å². The molecule has 0 spiro atoms. The molecule has 2 fully saturated rings. The van der Waals surface area contributed by atoms with Gasteiger partial charge in [0.25, 0.3) is 5.91 Å². The number of halogens is 2. The van der Waals surface area contributed by atoms with Gasteiger partial charge >= 0.3 is 6.09 Å². The molecule has 2 N–H and O–H groups in total. The van der Waals surface area contributed by atoms with Gasteiger partial charge in [0.1, 0.15) is 12.1 Å². The van der Waals surface area contributed by atoms with Crippen molar-refractivity contribution in [2.45, 2.75) is 37.6 Å². The molecule has 1 aromatic heterocycles. The van der Waals surface area contributed by atoms with Crippen LogP contribution in [0.1, 0.15) is 32.1 Å². The first-order valence-electron chi connectivity index (χ1n) is 10.6. The van der Waals surface area contributed by atoms with Gasteiger partial charge in [-0.05, 0) is 59.1 Å². The first-order valence-corrected chi connectivity index (χ1v) is 12.6. The lowest BCUT2D eigenvalue weighted by molar-refractivity contribution is -0.125. The third-order valence-corrected chi connectivity index (χ3v) is 7.51. The Morgan fingerprint density at radius 2 is 1.97 bits per heavy atom. The minimum absolute atomic E-state index is 0.0154. The monoisotopic (exact) mass is 555 g/mol. The topological polar surface area (TPSA) is 97.0 Å². The number of ether oxygens (including phenoxy) is 2. The fourth-order valence-electron chi connectivity index (χ4n) is 4.06. The average Bonchev–Trinajstić information content (AvgIpc) is 3.19. The Balaban J connectivity index is 1.47. The fourth-order valence-corrected chi connectivity index (χ4v) is 5.53. The highest BCUT2D eigenvalue weighted by Gasteiger charge is 2.41. The van der Waals surface area contributed by atoms with Crippen LogP contribution in [0.5, 0.6) is 5.06 Å². The van der Waals surface area contributed by atoms with Crippen molar-refractivity contribution in [3.05, 3.63) is 39.1 Å². The molecule has 2 aliphatic rings. The van der Waals surface area contributed by atoms with E-state index in [-0.39, 0.29) is 18.4 Å². The van der Waals surface area contributed by atoms with Crippen molar-refractivity contribution in [2.24, 2.45) is 0 Å². The molecule has 2 heterocycles. The summed E-state index contributed by atoms with van der Waals surface area (Å²) in [5.41, 5.74) is -0.0225. The number of carbonyl (C=O) groups is 3. The quantitative estimate of drug-likeness (QED) is 0.543. The number of hydrogen-bond donors (Lipinski definition) is 2. The Hall–Kier alpha value is -2.14. The molecule has 1 aliphatic carbocycles. The molecule has 0 radical (unpaired) electrons. The predicted molar refractivity (Wildman–Crippen MR) is 130 cm³/mol. The second-order valence-electron chi connectivity index (χ2n) is 7.93. The standard InChI is InChI=1S/C22H23BrClN3O5S/c23-17-6-7-19(33-17)32-21(30)26-22(8-2-1-3-9-22)20(29)25-14-4-5-16(15(24)12-14)27-10-11-31-13-18(27)28/h4-7,12H,1-3,8-11,13H2,(H,25,29)(H,26,30). The number of hydrogen-bond acceptors (Lipinski definition) is 6. The van der Waals surface area contributed by atoms with E-state index in [4.69, 9.17) is 21.1 Å². The predicted octanol–water partition coefficient (Wildman–Crippen LogP) is 4.96. The van der Waals surface area contributed by atoms with Gasteiger partial charge in [0.05, 0.1) is 21.1 Å². The second-order valence-corrected chi connectivity index (χ2v) is 10.8. The second kappa shape index (κ2) is 10.4. The molecule has 2 aromatic rings. The number of nitrogens with one attached hydrogen (secondary N) is 2. The third kappa shape index (κ3) is 5.68. The summed E-state index contributed by atoms with van der Waals surface area (Å²) in [6.45, 7) is 0.870. The number of carbonyl (C=O) groups excluding carboxylic acids is 3. The van der Waals surface area contributed by atoms with Gasteiger partial charge in [0.15, 0.2) is 5.06 Å². The van der Waals surface area contributed by atoms with Crippen molar-refractivity contribution in [3.63, 3.8) is 0 Å². The molecule has 8 nitrogen and oxygen atoms in total. The number of morpholine rings is 1. The zero-order chi connectivity index (χ0) is 23.4. The van der Waals surface area contributed by atoms with E-state index in [0.717, 1.165) is 23.0 Å². The van der Waals surface area contributed by atoms with Gasteiger partial charge in [-0.1, -0.05) is 42.2 Å². The van der Waals surface area contributed by atoms with E-state index in [1.54, 1.807) is 35.2 Å². The molecule has 1 aromatic carbocycles. The van der Waals surface area contributed by atoms with Gasteiger partial charge in [-0.3, -0.25) is 9.59 Å². The van der Waals surface area contributed by atoms with Crippen LogP contribution in [0.15, 0.2) is 34.1 Å². The van der Waals surface area contributed by atoms with Crippen molar-refractivity contribution >= 4 is 68.2 Å². The van der Waals surface area contributed by atoms with Crippen LogP contribution < -0.4 is 20.3 Å². The fraction of sp³-hybridized carbons (Fsp3) is 0.409. The number of amides is 3. The lowest BCUT2D eigenvalue weighted by Gasteiger charge is -2.36. The Labute approximate surface area is 208 Å². The van der Waals surface area contributed by atoms with Gasteiger partial charge in [0, 0.05) is 12.2 Å². The normalized spacial score (nSPS) is 18.0. The van der Waals surface area contributed by atoms with Crippen LogP contribution in [0.3, 0.4) is 0 Å². The number of thiophene rings is 1. The zero-order valence-corrected chi connectivity index (χ0v) is 20.9.